The second-order valence-corrected chi connectivity index (χ2v) is 6.23. The van der Waals surface area contributed by atoms with E-state index in [-0.39, 0.29) is 17.9 Å². The number of carboxylic acid groups (broad SMARTS) is 1. The second-order valence-electron chi connectivity index (χ2n) is 6.23. The monoisotopic (exact) mass is 375 g/mol. The standard InChI is InChI=1S/C23H21NO4/c25-22(24-21-11-6-5-10-20(21)23(26)27)12-2-1-7-15-28-19-14-13-17-8-3-4-9-18(17)16-19/h1,3-11,13-14,16H,2,12,15H2,(H,24,25)(H,26,27). The summed E-state index contributed by atoms with van der Waals surface area (Å²) in [6, 6.07) is 20.4. The average Bonchev–Trinajstić information content (AvgIpc) is 2.70. The molecule has 5 heteroatoms. The van der Waals surface area contributed by atoms with Crippen molar-refractivity contribution in [1.29, 1.82) is 0 Å². The van der Waals surface area contributed by atoms with Gasteiger partial charge in [-0.1, -0.05) is 54.6 Å². The molecule has 142 valence electrons. The molecule has 0 heterocycles. The van der Waals surface area contributed by atoms with E-state index < -0.39 is 5.97 Å². The fraction of sp³-hybridized carbons (Fsp3) is 0.130. The molecule has 0 bridgehead atoms. The van der Waals surface area contributed by atoms with Crippen LogP contribution < -0.4 is 10.1 Å². The van der Waals surface area contributed by atoms with E-state index in [0.29, 0.717) is 18.7 Å². The highest BCUT2D eigenvalue weighted by atomic mass is 16.5. The van der Waals surface area contributed by atoms with Crippen LogP contribution in [0.25, 0.3) is 10.8 Å². The number of hydrogen-bond acceptors (Lipinski definition) is 3. The zero-order valence-electron chi connectivity index (χ0n) is 15.3. The van der Waals surface area contributed by atoms with Gasteiger partial charge in [0.15, 0.2) is 0 Å². The van der Waals surface area contributed by atoms with Crippen LogP contribution >= 0.6 is 0 Å². The minimum atomic E-state index is -1.07. The highest BCUT2D eigenvalue weighted by molar-refractivity contribution is 6.00. The van der Waals surface area contributed by atoms with E-state index in [4.69, 9.17) is 9.84 Å². The van der Waals surface area contributed by atoms with E-state index in [1.165, 1.54) is 11.5 Å². The van der Waals surface area contributed by atoms with E-state index in [1.54, 1.807) is 18.2 Å². The van der Waals surface area contributed by atoms with Gasteiger partial charge >= 0.3 is 5.97 Å². The SMILES string of the molecule is O=C(CCC=CCOc1ccc2ccccc2c1)Nc1ccccc1C(=O)O. The molecule has 0 aliphatic carbocycles. The number of aromatic carboxylic acids is 1. The quantitative estimate of drug-likeness (QED) is 0.550. The molecule has 5 nitrogen and oxygen atoms in total. The Bertz CT molecular complexity index is 1010. The van der Waals surface area contributed by atoms with Crippen molar-refractivity contribution < 1.29 is 19.4 Å². The fourth-order valence-electron chi connectivity index (χ4n) is 2.79. The number of benzene rings is 3. The maximum absolute atomic E-state index is 12.0. The van der Waals surface area contributed by atoms with E-state index >= 15 is 0 Å². The molecule has 2 N–H and O–H groups in total. The molecule has 0 saturated carbocycles. The summed E-state index contributed by atoms with van der Waals surface area (Å²) < 4.78 is 5.71. The van der Waals surface area contributed by atoms with Gasteiger partial charge in [-0.3, -0.25) is 4.79 Å². The lowest BCUT2D eigenvalue weighted by atomic mass is 10.1. The number of ether oxygens (including phenoxy) is 1. The highest BCUT2D eigenvalue weighted by Gasteiger charge is 2.10. The Morgan fingerprint density at radius 3 is 2.50 bits per heavy atom. The molecule has 3 aromatic rings. The first-order valence-electron chi connectivity index (χ1n) is 9.02. The Balaban J connectivity index is 1.42. The number of carbonyl (C=O) groups is 2. The van der Waals surface area contributed by atoms with Crippen LogP contribution in [0.5, 0.6) is 5.75 Å². The molecule has 0 radical (unpaired) electrons. The maximum Gasteiger partial charge on any atom is 0.337 e. The zero-order chi connectivity index (χ0) is 19.8. The second kappa shape index (κ2) is 9.37. The summed E-state index contributed by atoms with van der Waals surface area (Å²) in [4.78, 5) is 23.1. The first kappa shape index (κ1) is 19.2. The Kier molecular flexibility index (Phi) is 6.41. The first-order chi connectivity index (χ1) is 13.6. The number of amides is 1. The van der Waals surface area contributed by atoms with Crippen LogP contribution in [0.1, 0.15) is 23.2 Å². The van der Waals surface area contributed by atoms with Gasteiger partial charge in [-0.05, 0) is 41.5 Å². The molecule has 0 fully saturated rings. The molecule has 0 saturated heterocycles. The van der Waals surface area contributed by atoms with Crippen molar-refractivity contribution in [2.45, 2.75) is 12.8 Å². The number of fused-ring (bicyclic) bond motifs is 1. The third kappa shape index (κ3) is 5.20. The lowest BCUT2D eigenvalue weighted by molar-refractivity contribution is -0.116. The predicted octanol–water partition coefficient (Wildman–Crippen LogP) is 4.89. The molecular formula is C23H21NO4. The van der Waals surface area contributed by atoms with Crippen molar-refractivity contribution >= 4 is 28.3 Å². The lowest BCUT2D eigenvalue weighted by Crippen LogP contribution is -2.13. The van der Waals surface area contributed by atoms with Crippen molar-refractivity contribution in [3.63, 3.8) is 0 Å². The summed E-state index contributed by atoms with van der Waals surface area (Å²) >= 11 is 0. The summed E-state index contributed by atoms with van der Waals surface area (Å²) in [5, 5.41) is 14.1. The van der Waals surface area contributed by atoms with Gasteiger partial charge in [-0.25, -0.2) is 4.79 Å². The van der Waals surface area contributed by atoms with Crippen LogP contribution in [0.3, 0.4) is 0 Å². The minimum Gasteiger partial charge on any atom is -0.490 e. The molecule has 0 aliphatic heterocycles. The van der Waals surface area contributed by atoms with Crippen LogP contribution in [0.15, 0.2) is 78.9 Å². The van der Waals surface area contributed by atoms with Gasteiger partial charge in [0.05, 0.1) is 11.3 Å². The van der Waals surface area contributed by atoms with Crippen molar-refractivity contribution in [3.8, 4) is 5.75 Å². The van der Waals surface area contributed by atoms with E-state index in [1.807, 2.05) is 48.6 Å². The van der Waals surface area contributed by atoms with E-state index in [0.717, 1.165) is 11.1 Å². The zero-order valence-corrected chi connectivity index (χ0v) is 15.3. The molecule has 0 aliphatic rings. The van der Waals surface area contributed by atoms with Gasteiger partial charge in [0, 0.05) is 6.42 Å². The summed E-state index contributed by atoms with van der Waals surface area (Å²) in [6.45, 7) is 0.418. The van der Waals surface area contributed by atoms with Crippen LogP contribution in [-0.4, -0.2) is 23.6 Å². The first-order valence-corrected chi connectivity index (χ1v) is 9.02. The minimum absolute atomic E-state index is 0.0789. The largest absolute Gasteiger partial charge is 0.490 e. The van der Waals surface area contributed by atoms with Crippen LogP contribution in [0, 0.1) is 0 Å². The molecule has 28 heavy (non-hydrogen) atoms. The number of hydrogen-bond donors (Lipinski definition) is 2. The molecule has 0 atom stereocenters. The van der Waals surface area contributed by atoms with Gasteiger partial charge < -0.3 is 15.2 Å². The summed E-state index contributed by atoms with van der Waals surface area (Å²) in [5.74, 6) is -0.498. The molecule has 0 unspecified atom stereocenters. The van der Waals surface area contributed by atoms with Crippen molar-refractivity contribution in [3.05, 3.63) is 84.4 Å². The molecule has 0 aromatic heterocycles. The Morgan fingerprint density at radius 2 is 1.68 bits per heavy atom. The summed E-state index contributed by atoms with van der Waals surface area (Å²) in [5.41, 5.74) is 0.388. The van der Waals surface area contributed by atoms with Crippen molar-refractivity contribution in [2.24, 2.45) is 0 Å². The van der Waals surface area contributed by atoms with Crippen LogP contribution in [0.2, 0.25) is 0 Å². The topological polar surface area (TPSA) is 75.6 Å². The molecule has 3 rings (SSSR count). The van der Waals surface area contributed by atoms with Gasteiger partial charge in [0.1, 0.15) is 12.4 Å². The number of rotatable bonds is 8. The predicted molar refractivity (Wildman–Crippen MR) is 110 cm³/mol. The lowest BCUT2D eigenvalue weighted by Gasteiger charge is -2.07. The molecular weight excluding hydrogens is 354 g/mol. The van der Waals surface area contributed by atoms with Crippen LogP contribution in [0.4, 0.5) is 5.69 Å². The van der Waals surface area contributed by atoms with Crippen LogP contribution in [-0.2, 0) is 4.79 Å². The van der Waals surface area contributed by atoms with Crippen molar-refractivity contribution in [2.75, 3.05) is 11.9 Å². The van der Waals surface area contributed by atoms with E-state index in [9.17, 15) is 9.59 Å². The number of allylic oxidation sites excluding steroid dienone is 1. The Labute approximate surface area is 163 Å². The Morgan fingerprint density at radius 1 is 0.929 bits per heavy atom. The van der Waals surface area contributed by atoms with Crippen molar-refractivity contribution in [1.82, 2.24) is 0 Å². The Hall–Kier alpha value is -3.60. The van der Waals surface area contributed by atoms with Gasteiger partial charge in [0.2, 0.25) is 5.91 Å². The number of carboxylic acids is 1. The average molecular weight is 375 g/mol. The third-order valence-electron chi connectivity index (χ3n) is 4.20. The number of para-hydroxylation sites is 1. The molecule has 3 aromatic carbocycles. The molecule has 1 amide bonds. The highest BCUT2D eigenvalue weighted by Crippen LogP contribution is 2.20. The smallest absolute Gasteiger partial charge is 0.337 e. The third-order valence-corrected chi connectivity index (χ3v) is 4.20. The summed E-state index contributed by atoms with van der Waals surface area (Å²) in [7, 11) is 0. The summed E-state index contributed by atoms with van der Waals surface area (Å²) in [6.07, 6.45) is 4.56. The van der Waals surface area contributed by atoms with Gasteiger partial charge in [-0.15, -0.1) is 0 Å². The maximum atomic E-state index is 12.0. The normalized spacial score (nSPS) is 10.9. The molecule has 0 spiro atoms. The fourth-order valence-corrected chi connectivity index (χ4v) is 2.79. The van der Waals surface area contributed by atoms with Gasteiger partial charge in [-0.2, -0.15) is 0 Å². The number of carbonyl (C=O) groups excluding carboxylic acids is 1. The number of anilines is 1. The van der Waals surface area contributed by atoms with Gasteiger partial charge in [0.25, 0.3) is 0 Å². The number of nitrogens with one attached hydrogen (secondary N) is 1. The van der Waals surface area contributed by atoms with E-state index in [2.05, 4.69) is 11.4 Å².